The van der Waals surface area contributed by atoms with Crippen molar-refractivity contribution in [2.24, 2.45) is 5.92 Å². The first-order chi connectivity index (χ1) is 13.5. The van der Waals surface area contributed by atoms with Crippen molar-refractivity contribution < 1.29 is 9.18 Å². The van der Waals surface area contributed by atoms with Gasteiger partial charge in [0.25, 0.3) is 0 Å². The topological polar surface area (TPSA) is 36.4 Å². The predicted molar refractivity (Wildman–Crippen MR) is 109 cm³/mol. The highest BCUT2D eigenvalue weighted by Crippen LogP contribution is 2.21. The molecule has 0 spiro atoms. The molecule has 28 heavy (non-hydrogen) atoms. The number of rotatable bonds is 6. The van der Waals surface area contributed by atoms with E-state index in [2.05, 4.69) is 23.7 Å². The summed E-state index contributed by atoms with van der Waals surface area (Å²) in [6, 6.07) is 12.9. The van der Waals surface area contributed by atoms with Gasteiger partial charge in [0.1, 0.15) is 5.82 Å². The molecular weight excluding hydrogens is 353 g/mol. The molecule has 0 bridgehead atoms. The Balaban J connectivity index is 1.62. The van der Waals surface area contributed by atoms with E-state index in [-0.39, 0.29) is 11.7 Å². The zero-order valence-electron chi connectivity index (χ0n) is 16.9. The number of nitrogens with zero attached hydrogens (tertiary/aromatic N) is 3. The molecule has 150 valence electrons. The lowest BCUT2D eigenvalue weighted by atomic mass is 10.0. The SMILES string of the molecule is CC(C)[C@H]1CN(C(=O)CCc2ccccn2)CCCN1Cc1ccc(F)cc1. The van der Waals surface area contributed by atoms with Crippen LogP contribution in [0.15, 0.2) is 48.7 Å². The molecule has 1 aromatic carbocycles. The average Bonchev–Trinajstić information content (AvgIpc) is 2.91. The lowest BCUT2D eigenvalue weighted by molar-refractivity contribution is -0.131. The fraction of sp³-hybridized carbons (Fsp3) is 0.478. The van der Waals surface area contributed by atoms with E-state index in [4.69, 9.17) is 0 Å². The van der Waals surface area contributed by atoms with Crippen molar-refractivity contribution >= 4 is 5.91 Å². The van der Waals surface area contributed by atoms with Gasteiger partial charge in [-0.15, -0.1) is 0 Å². The second kappa shape index (κ2) is 9.78. The number of aryl methyl sites for hydroxylation is 1. The molecule has 0 unspecified atom stereocenters. The van der Waals surface area contributed by atoms with Gasteiger partial charge in [-0.3, -0.25) is 14.7 Å². The van der Waals surface area contributed by atoms with Crippen LogP contribution in [0.3, 0.4) is 0 Å². The highest BCUT2D eigenvalue weighted by molar-refractivity contribution is 5.76. The Morgan fingerprint density at radius 2 is 1.96 bits per heavy atom. The number of halogens is 1. The standard InChI is InChI=1S/C23H30FN3O/c1-18(2)22-17-27(23(28)12-11-21-6-3-4-13-25-21)15-5-14-26(22)16-19-7-9-20(24)10-8-19/h3-4,6-10,13,18,22H,5,11-12,14-17H2,1-2H3/t22-/m1/s1. The number of hydrogen-bond acceptors (Lipinski definition) is 3. The van der Waals surface area contributed by atoms with Crippen LogP contribution in [-0.2, 0) is 17.8 Å². The van der Waals surface area contributed by atoms with E-state index < -0.39 is 0 Å². The van der Waals surface area contributed by atoms with Crippen molar-refractivity contribution in [3.05, 3.63) is 65.7 Å². The van der Waals surface area contributed by atoms with Crippen molar-refractivity contribution in [1.29, 1.82) is 0 Å². The Kier molecular flexibility index (Phi) is 7.15. The fourth-order valence-electron chi connectivity index (χ4n) is 3.88. The van der Waals surface area contributed by atoms with E-state index >= 15 is 0 Å². The Hall–Kier alpha value is -2.27. The Labute approximate surface area is 167 Å². The number of amides is 1. The number of aromatic nitrogens is 1. The number of pyridine rings is 1. The normalized spacial score (nSPS) is 18.3. The van der Waals surface area contributed by atoms with Crippen molar-refractivity contribution in [3.8, 4) is 0 Å². The van der Waals surface area contributed by atoms with Crippen LogP contribution in [0.5, 0.6) is 0 Å². The summed E-state index contributed by atoms with van der Waals surface area (Å²) in [5.41, 5.74) is 2.07. The Morgan fingerprint density at radius 1 is 1.18 bits per heavy atom. The van der Waals surface area contributed by atoms with Gasteiger partial charge < -0.3 is 4.90 Å². The summed E-state index contributed by atoms with van der Waals surface area (Å²) in [6.07, 6.45) is 3.91. The molecular formula is C23H30FN3O. The molecule has 0 N–H and O–H groups in total. The lowest BCUT2D eigenvalue weighted by Gasteiger charge is -2.34. The second-order valence-electron chi connectivity index (χ2n) is 7.92. The predicted octanol–water partition coefficient (Wildman–Crippen LogP) is 3.91. The number of carbonyl (C=O) groups excluding carboxylic acids is 1. The first-order valence-electron chi connectivity index (χ1n) is 10.2. The molecule has 1 aliphatic rings. The zero-order chi connectivity index (χ0) is 19.9. The lowest BCUT2D eigenvalue weighted by Crippen LogP contribution is -2.45. The van der Waals surface area contributed by atoms with E-state index in [1.807, 2.05) is 35.2 Å². The van der Waals surface area contributed by atoms with Crippen molar-refractivity contribution in [3.63, 3.8) is 0 Å². The number of hydrogen-bond donors (Lipinski definition) is 0. The van der Waals surface area contributed by atoms with Crippen LogP contribution in [0.25, 0.3) is 0 Å². The minimum Gasteiger partial charge on any atom is -0.341 e. The Morgan fingerprint density at radius 3 is 2.64 bits per heavy atom. The fourth-order valence-corrected chi connectivity index (χ4v) is 3.88. The third-order valence-corrected chi connectivity index (χ3v) is 5.49. The molecule has 2 aromatic rings. The van der Waals surface area contributed by atoms with Gasteiger partial charge in [0, 0.05) is 50.5 Å². The van der Waals surface area contributed by atoms with Gasteiger partial charge >= 0.3 is 0 Å². The Bertz CT molecular complexity index is 748. The quantitative estimate of drug-likeness (QED) is 0.759. The zero-order valence-corrected chi connectivity index (χ0v) is 16.9. The number of carbonyl (C=O) groups is 1. The monoisotopic (exact) mass is 383 g/mol. The largest absolute Gasteiger partial charge is 0.341 e. The van der Waals surface area contributed by atoms with Gasteiger partial charge in [-0.2, -0.15) is 0 Å². The summed E-state index contributed by atoms with van der Waals surface area (Å²) in [4.78, 5) is 21.6. The molecule has 1 saturated heterocycles. The van der Waals surface area contributed by atoms with Gasteiger partial charge in [-0.05, 0) is 48.6 Å². The van der Waals surface area contributed by atoms with E-state index in [1.54, 1.807) is 6.20 Å². The summed E-state index contributed by atoms with van der Waals surface area (Å²) >= 11 is 0. The summed E-state index contributed by atoms with van der Waals surface area (Å²) < 4.78 is 13.2. The van der Waals surface area contributed by atoms with Crippen LogP contribution in [0.4, 0.5) is 4.39 Å². The van der Waals surface area contributed by atoms with E-state index in [0.717, 1.165) is 43.9 Å². The highest BCUT2D eigenvalue weighted by Gasteiger charge is 2.29. The van der Waals surface area contributed by atoms with Crippen LogP contribution in [0, 0.1) is 11.7 Å². The molecule has 0 saturated carbocycles. The van der Waals surface area contributed by atoms with Crippen molar-refractivity contribution in [2.45, 2.75) is 45.7 Å². The summed E-state index contributed by atoms with van der Waals surface area (Å²) in [5, 5.41) is 0. The first kappa shape index (κ1) is 20.5. The third kappa shape index (κ3) is 5.61. The van der Waals surface area contributed by atoms with Crippen LogP contribution in [-0.4, -0.2) is 46.4 Å². The minimum atomic E-state index is -0.204. The van der Waals surface area contributed by atoms with Crippen LogP contribution in [0.2, 0.25) is 0 Å². The maximum Gasteiger partial charge on any atom is 0.223 e. The molecule has 4 nitrogen and oxygen atoms in total. The molecule has 2 heterocycles. The smallest absolute Gasteiger partial charge is 0.223 e. The molecule has 0 aliphatic carbocycles. The maximum atomic E-state index is 13.2. The summed E-state index contributed by atoms with van der Waals surface area (Å²) in [6.45, 7) is 7.71. The van der Waals surface area contributed by atoms with Crippen molar-refractivity contribution in [2.75, 3.05) is 19.6 Å². The average molecular weight is 384 g/mol. The van der Waals surface area contributed by atoms with Crippen LogP contribution >= 0.6 is 0 Å². The molecule has 5 heteroatoms. The molecule has 1 atom stereocenters. The van der Waals surface area contributed by atoms with E-state index in [1.165, 1.54) is 12.1 Å². The molecule has 0 radical (unpaired) electrons. The van der Waals surface area contributed by atoms with Crippen LogP contribution in [0.1, 0.15) is 37.9 Å². The third-order valence-electron chi connectivity index (χ3n) is 5.49. The van der Waals surface area contributed by atoms with E-state index in [0.29, 0.717) is 24.8 Å². The maximum absolute atomic E-state index is 13.2. The van der Waals surface area contributed by atoms with E-state index in [9.17, 15) is 9.18 Å². The molecule has 3 rings (SSSR count). The molecule has 1 amide bonds. The molecule has 1 aliphatic heterocycles. The molecule has 1 aromatic heterocycles. The minimum absolute atomic E-state index is 0.204. The molecule has 1 fully saturated rings. The van der Waals surface area contributed by atoms with Crippen LogP contribution < -0.4 is 0 Å². The van der Waals surface area contributed by atoms with Gasteiger partial charge in [0.05, 0.1) is 0 Å². The van der Waals surface area contributed by atoms with Gasteiger partial charge in [-0.1, -0.05) is 32.0 Å². The summed E-state index contributed by atoms with van der Waals surface area (Å²) in [7, 11) is 0. The van der Waals surface area contributed by atoms with Gasteiger partial charge in [0.15, 0.2) is 0 Å². The van der Waals surface area contributed by atoms with Crippen molar-refractivity contribution in [1.82, 2.24) is 14.8 Å². The first-order valence-corrected chi connectivity index (χ1v) is 10.2. The number of benzene rings is 1. The van der Waals surface area contributed by atoms with Gasteiger partial charge in [-0.25, -0.2) is 4.39 Å². The van der Waals surface area contributed by atoms with Gasteiger partial charge in [0.2, 0.25) is 5.91 Å². The second-order valence-corrected chi connectivity index (χ2v) is 7.92. The highest BCUT2D eigenvalue weighted by atomic mass is 19.1. The summed E-state index contributed by atoms with van der Waals surface area (Å²) in [5.74, 6) is 0.439.